The number of carbonyl (C=O) groups is 1. The highest BCUT2D eigenvalue weighted by Crippen LogP contribution is 2.41. The van der Waals surface area contributed by atoms with Gasteiger partial charge in [-0.3, -0.25) is 4.79 Å². The predicted molar refractivity (Wildman–Crippen MR) is 94.7 cm³/mol. The first kappa shape index (κ1) is 18.0. The van der Waals surface area contributed by atoms with Gasteiger partial charge < -0.3 is 19.5 Å². The molecule has 1 aromatic carbocycles. The molecule has 26 heavy (non-hydrogen) atoms. The van der Waals surface area contributed by atoms with Gasteiger partial charge in [-0.2, -0.15) is 5.10 Å². The largest absolute Gasteiger partial charge is 0.493 e. The third-order valence-electron chi connectivity index (χ3n) is 4.53. The second-order valence-electron chi connectivity index (χ2n) is 6.14. The minimum Gasteiger partial charge on any atom is -0.493 e. The lowest BCUT2D eigenvalue weighted by Gasteiger charge is -2.19. The molecule has 0 aliphatic heterocycles. The van der Waals surface area contributed by atoms with Gasteiger partial charge >= 0.3 is 0 Å². The van der Waals surface area contributed by atoms with Gasteiger partial charge in [-0.05, 0) is 37.8 Å². The van der Waals surface area contributed by atoms with Crippen LogP contribution in [0.2, 0.25) is 0 Å². The van der Waals surface area contributed by atoms with Gasteiger partial charge in [-0.1, -0.05) is 0 Å². The number of benzene rings is 1. The van der Waals surface area contributed by atoms with E-state index in [4.69, 9.17) is 14.2 Å². The Morgan fingerprint density at radius 3 is 2.38 bits per heavy atom. The zero-order chi connectivity index (χ0) is 18.7. The maximum Gasteiger partial charge on any atom is 0.252 e. The molecule has 0 radical (unpaired) electrons. The van der Waals surface area contributed by atoms with Crippen LogP contribution in [-0.2, 0) is 6.54 Å². The smallest absolute Gasteiger partial charge is 0.252 e. The number of hydrogen-bond donors (Lipinski definition) is 1. The van der Waals surface area contributed by atoms with Crippen LogP contribution in [0.15, 0.2) is 18.5 Å². The van der Waals surface area contributed by atoms with Crippen molar-refractivity contribution in [2.45, 2.75) is 32.4 Å². The zero-order valence-corrected chi connectivity index (χ0v) is 15.5. The van der Waals surface area contributed by atoms with Gasteiger partial charge in [0.15, 0.2) is 11.5 Å². The molecule has 1 atom stereocenters. The number of nitrogens with one attached hydrogen (secondary N) is 1. The maximum absolute atomic E-state index is 12.9. The fourth-order valence-corrected chi connectivity index (χ4v) is 3.02. The molecule has 1 saturated carbocycles. The average Bonchev–Trinajstić information content (AvgIpc) is 3.41. The number of aryl methyl sites for hydroxylation is 1. The van der Waals surface area contributed by atoms with Crippen LogP contribution < -0.4 is 19.5 Å². The number of hydrogen-bond acceptors (Lipinski definition) is 6. The van der Waals surface area contributed by atoms with E-state index in [1.165, 1.54) is 27.7 Å². The topological polar surface area (TPSA) is 87.5 Å². The lowest BCUT2D eigenvalue weighted by atomic mass is 10.1. The summed E-state index contributed by atoms with van der Waals surface area (Å²) >= 11 is 0. The van der Waals surface area contributed by atoms with Crippen LogP contribution in [0.1, 0.15) is 42.0 Å². The molecule has 1 aliphatic rings. The highest BCUT2D eigenvalue weighted by Gasteiger charge is 2.36. The molecule has 140 valence electrons. The van der Waals surface area contributed by atoms with E-state index in [9.17, 15) is 4.79 Å². The zero-order valence-electron chi connectivity index (χ0n) is 15.5. The highest BCUT2D eigenvalue weighted by atomic mass is 16.5. The first-order valence-corrected chi connectivity index (χ1v) is 8.61. The number of methoxy groups -OCH3 is 3. The molecule has 1 heterocycles. The number of nitrogens with zero attached hydrogens (tertiary/aromatic N) is 3. The number of ether oxygens (including phenoxy) is 3. The summed E-state index contributed by atoms with van der Waals surface area (Å²) in [5, 5.41) is 7.32. The van der Waals surface area contributed by atoms with E-state index in [-0.39, 0.29) is 11.9 Å². The van der Waals surface area contributed by atoms with E-state index in [0.29, 0.717) is 35.3 Å². The van der Waals surface area contributed by atoms with Crippen LogP contribution in [0.25, 0.3) is 0 Å². The van der Waals surface area contributed by atoms with Gasteiger partial charge in [0.2, 0.25) is 5.75 Å². The summed E-state index contributed by atoms with van der Waals surface area (Å²) in [6, 6.07) is 3.13. The maximum atomic E-state index is 12.9. The Kier molecular flexibility index (Phi) is 5.29. The Balaban J connectivity index is 1.89. The predicted octanol–water partition coefficient (Wildman–Crippen LogP) is 2.20. The van der Waals surface area contributed by atoms with Gasteiger partial charge in [0.25, 0.3) is 5.91 Å². The van der Waals surface area contributed by atoms with Crippen LogP contribution in [0.4, 0.5) is 0 Å². The normalized spacial score (nSPS) is 14.6. The summed E-state index contributed by atoms with van der Waals surface area (Å²) < 4.78 is 17.8. The van der Waals surface area contributed by atoms with E-state index in [0.717, 1.165) is 18.7 Å². The van der Waals surface area contributed by atoms with Crippen molar-refractivity contribution in [1.82, 2.24) is 20.1 Å². The summed E-state index contributed by atoms with van der Waals surface area (Å²) in [6.07, 6.45) is 3.66. The molecule has 0 bridgehead atoms. The van der Waals surface area contributed by atoms with Crippen molar-refractivity contribution >= 4 is 5.91 Å². The van der Waals surface area contributed by atoms with Crippen LogP contribution in [0.3, 0.4) is 0 Å². The monoisotopic (exact) mass is 360 g/mol. The van der Waals surface area contributed by atoms with E-state index < -0.39 is 0 Å². The van der Waals surface area contributed by atoms with Crippen molar-refractivity contribution < 1.29 is 19.0 Å². The van der Waals surface area contributed by atoms with Gasteiger partial charge in [0.1, 0.15) is 12.2 Å². The first-order chi connectivity index (χ1) is 12.6. The van der Waals surface area contributed by atoms with Crippen LogP contribution in [-0.4, -0.2) is 42.0 Å². The number of rotatable bonds is 8. The van der Waals surface area contributed by atoms with Crippen molar-refractivity contribution in [3.8, 4) is 17.2 Å². The molecule has 3 rings (SSSR count). The molecule has 1 fully saturated rings. The lowest BCUT2D eigenvalue weighted by molar-refractivity contribution is 0.0927. The van der Waals surface area contributed by atoms with Crippen LogP contribution in [0.5, 0.6) is 17.2 Å². The lowest BCUT2D eigenvalue weighted by Crippen LogP contribution is -2.32. The standard InChI is InChI=1S/C18H24N4O4/c1-5-22-17(19-10-20-22)15(11-6-7-11)21-18(23)12-8-13(24-2)16(26-4)14(9-12)25-3/h8-11,15H,5-7H2,1-4H3,(H,21,23)/t15-/m0/s1. The summed E-state index contributed by atoms with van der Waals surface area (Å²) in [5.74, 6) is 2.29. The fraction of sp³-hybridized carbons (Fsp3) is 0.500. The highest BCUT2D eigenvalue weighted by molar-refractivity contribution is 5.95. The van der Waals surface area contributed by atoms with Gasteiger partial charge in [0.05, 0.1) is 27.4 Å². The third-order valence-corrected chi connectivity index (χ3v) is 4.53. The molecule has 8 heteroatoms. The molecule has 1 N–H and O–H groups in total. The molecule has 1 amide bonds. The molecule has 1 aliphatic carbocycles. The van der Waals surface area contributed by atoms with E-state index in [2.05, 4.69) is 15.4 Å². The first-order valence-electron chi connectivity index (χ1n) is 8.61. The van der Waals surface area contributed by atoms with Gasteiger partial charge in [0, 0.05) is 12.1 Å². The van der Waals surface area contributed by atoms with E-state index in [1.807, 2.05) is 11.6 Å². The van der Waals surface area contributed by atoms with Crippen LogP contribution >= 0.6 is 0 Å². The Morgan fingerprint density at radius 1 is 1.23 bits per heavy atom. The summed E-state index contributed by atoms with van der Waals surface area (Å²) in [7, 11) is 4.58. The number of amides is 1. The fourth-order valence-electron chi connectivity index (χ4n) is 3.02. The third kappa shape index (κ3) is 3.44. The minimum absolute atomic E-state index is 0.163. The second-order valence-corrected chi connectivity index (χ2v) is 6.14. The average molecular weight is 360 g/mol. The molecule has 0 spiro atoms. The Bertz CT molecular complexity index is 760. The van der Waals surface area contributed by atoms with Crippen LogP contribution in [0, 0.1) is 5.92 Å². The number of aromatic nitrogens is 3. The number of carbonyl (C=O) groups excluding carboxylic acids is 1. The van der Waals surface area contributed by atoms with E-state index >= 15 is 0 Å². The van der Waals surface area contributed by atoms with Crippen molar-refractivity contribution in [3.05, 3.63) is 29.8 Å². The Hall–Kier alpha value is -2.77. The SMILES string of the molecule is CCn1ncnc1[C@@H](NC(=O)c1cc(OC)c(OC)c(OC)c1)C1CC1. The molecule has 0 unspecified atom stereocenters. The summed E-state index contributed by atoms with van der Waals surface area (Å²) in [5.41, 5.74) is 0.438. The Labute approximate surface area is 152 Å². The molecule has 2 aromatic rings. The van der Waals surface area contributed by atoms with Crippen molar-refractivity contribution in [1.29, 1.82) is 0 Å². The van der Waals surface area contributed by atoms with Gasteiger partial charge in [-0.15, -0.1) is 0 Å². The quantitative estimate of drug-likeness (QED) is 0.777. The summed E-state index contributed by atoms with van der Waals surface area (Å²) in [4.78, 5) is 17.3. The Morgan fingerprint density at radius 2 is 1.88 bits per heavy atom. The minimum atomic E-state index is -0.216. The molecular weight excluding hydrogens is 336 g/mol. The van der Waals surface area contributed by atoms with Crippen molar-refractivity contribution in [2.24, 2.45) is 5.92 Å². The molecule has 8 nitrogen and oxygen atoms in total. The van der Waals surface area contributed by atoms with Gasteiger partial charge in [-0.25, -0.2) is 9.67 Å². The second kappa shape index (κ2) is 7.63. The summed E-state index contributed by atoms with van der Waals surface area (Å²) in [6.45, 7) is 2.71. The molecule has 1 aromatic heterocycles. The van der Waals surface area contributed by atoms with E-state index in [1.54, 1.807) is 12.1 Å². The van der Waals surface area contributed by atoms with Crippen molar-refractivity contribution in [2.75, 3.05) is 21.3 Å². The molecule has 0 saturated heterocycles. The van der Waals surface area contributed by atoms with Crippen molar-refractivity contribution in [3.63, 3.8) is 0 Å². The molecular formula is C18H24N4O4.